The van der Waals surface area contributed by atoms with E-state index in [1.807, 2.05) is 17.1 Å². The van der Waals surface area contributed by atoms with Gasteiger partial charge in [-0.05, 0) is 12.8 Å². The third-order valence-corrected chi connectivity index (χ3v) is 6.12. The van der Waals surface area contributed by atoms with Crippen molar-refractivity contribution < 1.29 is 14.3 Å². The number of aromatic amines is 1. The zero-order valence-corrected chi connectivity index (χ0v) is 15.5. The van der Waals surface area contributed by atoms with Gasteiger partial charge in [-0.15, -0.1) is 0 Å². The van der Waals surface area contributed by atoms with Crippen LogP contribution in [0.5, 0.6) is 0 Å². The van der Waals surface area contributed by atoms with E-state index < -0.39 is 17.4 Å². The Kier molecular flexibility index (Phi) is 4.14. The summed E-state index contributed by atoms with van der Waals surface area (Å²) in [4.78, 5) is 37.1. The summed E-state index contributed by atoms with van der Waals surface area (Å²) in [6.07, 6.45) is 8.90. The van der Waals surface area contributed by atoms with Crippen LogP contribution in [0, 0.1) is 11.8 Å². The first kappa shape index (κ1) is 17.3. The van der Waals surface area contributed by atoms with Crippen molar-refractivity contribution in [1.29, 1.82) is 0 Å². The second kappa shape index (κ2) is 6.23. The summed E-state index contributed by atoms with van der Waals surface area (Å²) in [5.74, 6) is -0.124. The van der Waals surface area contributed by atoms with Gasteiger partial charge in [0.25, 0.3) is 0 Å². The van der Waals surface area contributed by atoms with Gasteiger partial charge >= 0.3 is 0 Å². The van der Waals surface area contributed by atoms with E-state index in [-0.39, 0.29) is 24.0 Å². The molecule has 3 aliphatic rings. The maximum absolute atomic E-state index is 13.2. The van der Waals surface area contributed by atoms with Gasteiger partial charge in [0, 0.05) is 25.5 Å². The van der Waals surface area contributed by atoms with Crippen molar-refractivity contribution in [3.8, 4) is 0 Å². The fourth-order valence-corrected chi connectivity index (χ4v) is 4.79. The largest absolute Gasteiger partial charge is 0.360 e. The predicted molar refractivity (Wildman–Crippen MR) is 94.9 cm³/mol. The number of hydrogen-bond acceptors (Lipinski definition) is 4. The van der Waals surface area contributed by atoms with E-state index in [1.165, 1.54) is 0 Å². The Labute approximate surface area is 153 Å². The highest BCUT2D eigenvalue weighted by Gasteiger charge is 2.67. The summed E-state index contributed by atoms with van der Waals surface area (Å²) < 4.78 is 6.20. The second-order valence-corrected chi connectivity index (χ2v) is 7.57. The molecule has 1 aromatic heterocycles. The van der Waals surface area contributed by atoms with E-state index in [0.717, 1.165) is 18.7 Å². The number of imidazole rings is 1. The quantitative estimate of drug-likeness (QED) is 0.779. The monoisotopic (exact) mass is 358 g/mol. The molecule has 4 atom stereocenters. The minimum Gasteiger partial charge on any atom is -0.360 e. The summed E-state index contributed by atoms with van der Waals surface area (Å²) in [6.45, 7) is 5.15. The molecule has 0 radical (unpaired) electrons. The molecule has 140 valence electrons. The Morgan fingerprint density at radius 1 is 1.50 bits per heavy atom. The molecule has 0 unspecified atom stereocenters. The third-order valence-electron chi connectivity index (χ3n) is 6.12. The van der Waals surface area contributed by atoms with Crippen LogP contribution in [-0.4, -0.2) is 62.9 Å². The Hall–Kier alpha value is -2.15. The van der Waals surface area contributed by atoms with Crippen LogP contribution in [-0.2, 0) is 20.9 Å². The van der Waals surface area contributed by atoms with E-state index in [0.29, 0.717) is 13.1 Å². The molecule has 2 fully saturated rings. The lowest BCUT2D eigenvalue weighted by molar-refractivity contribution is -0.143. The highest BCUT2D eigenvalue weighted by Crippen LogP contribution is 2.52. The number of hydrogen-bond donors (Lipinski definition) is 1. The molecule has 26 heavy (non-hydrogen) atoms. The summed E-state index contributed by atoms with van der Waals surface area (Å²) in [5.41, 5.74) is -0.629. The second-order valence-electron chi connectivity index (χ2n) is 7.57. The van der Waals surface area contributed by atoms with Crippen LogP contribution in [0.4, 0.5) is 0 Å². The van der Waals surface area contributed by atoms with Gasteiger partial charge in [0.15, 0.2) is 0 Å². The molecule has 7 heteroatoms. The number of fused-ring (bicyclic) bond motifs is 1. The highest BCUT2D eigenvalue weighted by atomic mass is 16.5. The summed E-state index contributed by atoms with van der Waals surface area (Å²) in [7, 11) is 1.76. The third kappa shape index (κ3) is 2.40. The number of nitrogens with zero attached hydrogens (tertiary/aromatic N) is 3. The van der Waals surface area contributed by atoms with Crippen molar-refractivity contribution in [3.63, 3.8) is 0 Å². The Morgan fingerprint density at radius 3 is 2.92 bits per heavy atom. The van der Waals surface area contributed by atoms with Gasteiger partial charge in [0.05, 0.1) is 31.0 Å². The van der Waals surface area contributed by atoms with Crippen LogP contribution in [0.15, 0.2) is 24.5 Å². The maximum atomic E-state index is 13.2. The number of amides is 2. The van der Waals surface area contributed by atoms with Crippen LogP contribution < -0.4 is 0 Å². The van der Waals surface area contributed by atoms with E-state index in [1.54, 1.807) is 24.3 Å². The average molecular weight is 358 g/mol. The number of carbonyl (C=O) groups excluding carboxylic acids is 2. The average Bonchev–Trinajstić information content (AvgIpc) is 3.38. The molecular formula is C19H26N4O3. The van der Waals surface area contributed by atoms with Crippen molar-refractivity contribution in [2.24, 2.45) is 11.8 Å². The molecule has 2 saturated heterocycles. The smallest absolute Gasteiger partial charge is 0.230 e. The standard InChI is InChI=1S/C19H26N4O3/c1-4-12(5-2)23-11-19-7-6-13(26-19)15(16(19)18(23)25)17(24)22(3)10-14-20-8-9-21-14/h6-9,12-13,15-16H,4-5,10-11H2,1-3H3,(H,20,21)/t13-,15+,16-,19-/m0/s1. The number of aromatic nitrogens is 2. The van der Waals surface area contributed by atoms with Crippen molar-refractivity contribution in [1.82, 2.24) is 19.8 Å². The zero-order chi connectivity index (χ0) is 18.5. The van der Waals surface area contributed by atoms with Gasteiger partial charge in [-0.25, -0.2) is 4.98 Å². The number of ether oxygens (including phenoxy) is 1. The molecule has 1 spiro atoms. The van der Waals surface area contributed by atoms with Crippen LogP contribution in [0.2, 0.25) is 0 Å². The molecule has 7 nitrogen and oxygen atoms in total. The molecule has 4 rings (SSSR count). The lowest BCUT2D eigenvalue weighted by atomic mass is 9.76. The maximum Gasteiger partial charge on any atom is 0.230 e. The number of likely N-dealkylation sites (tertiary alicyclic amines) is 1. The van der Waals surface area contributed by atoms with Gasteiger partial charge in [-0.1, -0.05) is 26.0 Å². The fourth-order valence-electron chi connectivity index (χ4n) is 4.79. The van der Waals surface area contributed by atoms with Gasteiger partial charge in [-0.3, -0.25) is 9.59 Å². The number of carbonyl (C=O) groups is 2. The SMILES string of the molecule is CCC(CC)N1C[C@]23C=C[C@H](O2)[C@@H](C(=O)N(C)Cc2ncc[nH]2)[C@H]3C1=O. The molecule has 2 amide bonds. The van der Waals surface area contributed by atoms with Gasteiger partial charge in [-0.2, -0.15) is 0 Å². The Morgan fingerprint density at radius 2 is 2.27 bits per heavy atom. The lowest BCUT2D eigenvalue weighted by Gasteiger charge is -2.29. The fraction of sp³-hybridized carbons (Fsp3) is 0.632. The van der Waals surface area contributed by atoms with Crippen molar-refractivity contribution in [3.05, 3.63) is 30.4 Å². The lowest BCUT2D eigenvalue weighted by Crippen LogP contribution is -2.45. The minimum atomic E-state index is -0.629. The van der Waals surface area contributed by atoms with E-state index in [2.05, 4.69) is 23.8 Å². The number of nitrogens with one attached hydrogen (secondary N) is 1. The normalized spacial score (nSPS) is 31.9. The summed E-state index contributed by atoms with van der Waals surface area (Å²) in [5, 5.41) is 0. The molecule has 0 saturated carbocycles. The van der Waals surface area contributed by atoms with Crippen molar-refractivity contribution >= 4 is 11.8 Å². The van der Waals surface area contributed by atoms with Crippen molar-refractivity contribution in [2.45, 2.75) is 51.0 Å². The Balaban J connectivity index is 1.57. The molecule has 2 bridgehead atoms. The summed E-state index contributed by atoms with van der Waals surface area (Å²) >= 11 is 0. The van der Waals surface area contributed by atoms with Gasteiger partial charge in [0.1, 0.15) is 11.4 Å². The highest BCUT2D eigenvalue weighted by molar-refractivity contribution is 5.93. The van der Waals surface area contributed by atoms with Gasteiger partial charge in [0.2, 0.25) is 11.8 Å². The first-order valence-electron chi connectivity index (χ1n) is 9.41. The van der Waals surface area contributed by atoms with Crippen LogP contribution in [0.25, 0.3) is 0 Å². The minimum absolute atomic E-state index is 0.0534. The topological polar surface area (TPSA) is 78.5 Å². The van der Waals surface area contributed by atoms with Crippen LogP contribution in [0.1, 0.15) is 32.5 Å². The first-order chi connectivity index (χ1) is 12.5. The van der Waals surface area contributed by atoms with Crippen molar-refractivity contribution in [2.75, 3.05) is 13.6 Å². The van der Waals surface area contributed by atoms with E-state index in [9.17, 15) is 9.59 Å². The molecule has 1 N–H and O–H groups in total. The van der Waals surface area contributed by atoms with E-state index in [4.69, 9.17) is 4.74 Å². The van der Waals surface area contributed by atoms with Gasteiger partial charge < -0.3 is 19.5 Å². The van der Waals surface area contributed by atoms with Crippen LogP contribution >= 0.6 is 0 Å². The molecule has 0 aromatic carbocycles. The molecule has 3 aliphatic heterocycles. The summed E-state index contributed by atoms with van der Waals surface area (Å²) in [6, 6.07) is 0.204. The first-order valence-corrected chi connectivity index (χ1v) is 9.41. The zero-order valence-electron chi connectivity index (χ0n) is 15.5. The van der Waals surface area contributed by atoms with E-state index >= 15 is 0 Å². The van der Waals surface area contributed by atoms with Crippen LogP contribution in [0.3, 0.4) is 0 Å². The number of H-pyrrole nitrogens is 1. The number of rotatable bonds is 6. The molecule has 1 aromatic rings. The predicted octanol–water partition coefficient (Wildman–Crippen LogP) is 1.34. The Bertz CT molecular complexity index is 727. The molecular weight excluding hydrogens is 332 g/mol. The molecule has 4 heterocycles. The molecule has 0 aliphatic carbocycles.